The number of nitrogens with one attached hydrogen (secondary N) is 1. The number of hydrogen-bond donors (Lipinski definition) is 1. The van der Waals surface area contributed by atoms with Crippen LogP contribution in [0.3, 0.4) is 0 Å². The van der Waals surface area contributed by atoms with Crippen molar-refractivity contribution in [3.8, 4) is 5.75 Å². The highest BCUT2D eigenvalue weighted by Gasteiger charge is 2.11. The summed E-state index contributed by atoms with van der Waals surface area (Å²) in [6.07, 6.45) is 2.96. The van der Waals surface area contributed by atoms with E-state index in [0.717, 1.165) is 16.5 Å². The molecule has 4 aromatic rings. The third-order valence-electron chi connectivity index (χ3n) is 3.88. The van der Waals surface area contributed by atoms with E-state index in [2.05, 4.69) is 15.1 Å². The molecule has 0 spiro atoms. The van der Waals surface area contributed by atoms with Gasteiger partial charge in [-0.25, -0.2) is 4.98 Å². The number of halogens is 1. The van der Waals surface area contributed by atoms with Gasteiger partial charge >= 0.3 is 0 Å². The van der Waals surface area contributed by atoms with Crippen LogP contribution in [-0.4, -0.2) is 28.0 Å². The normalized spacial score (nSPS) is 11.6. The van der Waals surface area contributed by atoms with Gasteiger partial charge in [0.2, 0.25) is 0 Å². The maximum Gasteiger partial charge on any atom is 0.298 e. The van der Waals surface area contributed by atoms with Crippen molar-refractivity contribution in [3.63, 3.8) is 0 Å². The van der Waals surface area contributed by atoms with Gasteiger partial charge < -0.3 is 9.72 Å². The molecule has 0 fully saturated rings. The van der Waals surface area contributed by atoms with Crippen LogP contribution in [0.25, 0.3) is 21.9 Å². The fourth-order valence-electron chi connectivity index (χ4n) is 2.65. The van der Waals surface area contributed by atoms with Crippen LogP contribution in [0.5, 0.6) is 5.75 Å². The summed E-state index contributed by atoms with van der Waals surface area (Å²) in [5.41, 5.74) is 2.32. The monoisotopic (exact) mass is 352 g/mol. The van der Waals surface area contributed by atoms with Gasteiger partial charge in [0.15, 0.2) is 0 Å². The molecule has 4 rings (SSSR count). The second kappa shape index (κ2) is 6.07. The number of ether oxygens (including phenoxy) is 1. The minimum Gasteiger partial charge on any atom is -0.497 e. The Morgan fingerprint density at radius 2 is 2.16 bits per heavy atom. The van der Waals surface area contributed by atoms with Gasteiger partial charge in [0.05, 0.1) is 13.3 Å². The summed E-state index contributed by atoms with van der Waals surface area (Å²) in [6.45, 7) is 0. The van der Waals surface area contributed by atoms with Crippen LogP contribution >= 0.6 is 11.6 Å². The van der Waals surface area contributed by atoms with Crippen molar-refractivity contribution in [3.05, 3.63) is 69.7 Å². The molecule has 1 N–H and O–H groups in total. The predicted octanol–water partition coefficient (Wildman–Crippen LogP) is 3.42. The molecule has 7 heteroatoms. The summed E-state index contributed by atoms with van der Waals surface area (Å²) >= 11 is 5.95. The Balaban J connectivity index is 1.82. The zero-order valence-corrected chi connectivity index (χ0v) is 14.0. The highest BCUT2D eigenvalue weighted by atomic mass is 35.5. The second-order valence-corrected chi connectivity index (χ2v) is 5.89. The summed E-state index contributed by atoms with van der Waals surface area (Å²) in [6, 6.07) is 12.7. The first-order chi connectivity index (χ1) is 12.2. The summed E-state index contributed by atoms with van der Waals surface area (Å²) in [7, 11) is 1.60. The molecule has 0 unspecified atom stereocenters. The van der Waals surface area contributed by atoms with E-state index < -0.39 is 0 Å². The lowest BCUT2D eigenvalue weighted by Crippen LogP contribution is -2.17. The number of aromatic nitrogens is 3. The SMILES string of the molecule is COc1ccc2[nH]c3c(=O)n(N=Cc4cccc(Cl)c4)cnc3c2c1. The Morgan fingerprint density at radius 1 is 1.28 bits per heavy atom. The minimum absolute atomic E-state index is 0.279. The van der Waals surface area contributed by atoms with E-state index in [4.69, 9.17) is 16.3 Å². The van der Waals surface area contributed by atoms with Gasteiger partial charge in [-0.05, 0) is 35.9 Å². The molecule has 0 amide bonds. The Morgan fingerprint density at radius 3 is 2.96 bits per heavy atom. The fraction of sp³-hybridized carbons (Fsp3) is 0.0556. The number of aromatic amines is 1. The van der Waals surface area contributed by atoms with Crippen molar-refractivity contribution in [1.29, 1.82) is 0 Å². The van der Waals surface area contributed by atoms with E-state index >= 15 is 0 Å². The van der Waals surface area contributed by atoms with E-state index in [9.17, 15) is 4.79 Å². The zero-order valence-electron chi connectivity index (χ0n) is 13.2. The van der Waals surface area contributed by atoms with Gasteiger partial charge in [-0.1, -0.05) is 23.7 Å². The van der Waals surface area contributed by atoms with Gasteiger partial charge in [0, 0.05) is 15.9 Å². The van der Waals surface area contributed by atoms with Crippen molar-refractivity contribution in [1.82, 2.24) is 14.6 Å². The fourth-order valence-corrected chi connectivity index (χ4v) is 2.85. The van der Waals surface area contributed by atoms with E-state index in [-0.39, 0.29) is 5.56 Å². The number of H-pyrrole nitrogens is 1. The minimum atomic E-state index is -0.279. The van der Waals surface area contributed by atoms with Crippen molar-refractivity contribution in [2.75, 3.05) is 7.11 Å². The molecule has 0 aliphatic rings. The van der Waals surface area contributed by atoms with Crippen LogP contribution in [0.4, 0.5) is 0 Å². The summed E-state index contributed by atoms with van der Waals surface area (Å²) in [5, 5.41) is 5.62. The van der Waals surface area contributed by atoms with Crippen molar-refractivity contribution in [2.45, 2.75) is 0 Å². The van der Waals surface area contributed by atoms with Gasteiger partial charge in [-0.3, -0.25) is 4.79 Å². The Bertz CT molecular complexity index is 1180. The molecule has 0 saturated carbocycles. The molecule has 0 bridgehead atoms. The molecule has 124 valence electrons. The van der Waals surface area contributed by atoms with Crippen LogP contribution in [0.15, 0.2) is 58.7 Å². The van der Waals surface area contributed by atoms with E-state index in [1.54, 1.807) is 25.5 Å². The van der Waals surface area contributed by atoms with Gasteiger partial charge in [0.1, 0.15) is 23.1 Å². The maximum absolute atomic E-state index is 12.7. The standard InChI is InChI=1S/C18H13ClN4O2/c1-25-13-5-6-15-14(8-13)16-17(22-15)18(24)23(10-20-16)21-9-11-3-2-4-12(19)7-11/h2-10,22H,1H3. The third kappa shape index (κ3) is 2.77. The average molecular weight is 353 g/mol. The highest BCUT2D eigenvalue weighted by Crippen LogP contribution is 2.25. The molecule has 0 aliphatic carbocycles. The van der Waals surface area contributed by atoms with Crippen molar-refractivity contribution < 1.29 is 4.74 Å². The number of hydrogen-bond acceptors (Lipinski definition) is 4. The first-order valence-corrected chi connectivity index (χ1v) is 7.90. The van der Waals surface area contributed by atoms with Gasteiger partial charge in [-0.15, -0.1) is 0 Å². The van der Waals surface area contributed by atoms with E-state index in [1.165, 1.54) is 11.0 Å². The van der Waals surface area contributed by atoms with Crippen LogP contribution < -0.4 is 10.3 Å². The molecule has 2 aromatic carbocycles. The first-order valence-electron chi connectivity index (χ1n) is 7.53. The smallest absolute Gasteiger partial charge is 0.298 e. The average Bonchev–Trinajstić information content (AvgIpc) is 3.00. The van der Waals surface area contributed by atoms with Crippen molar-refractivity contribution in [2.24, 2.45) is 5.10 Å². The van der Waals surface area contributed by atoms with Gasteiger partial charge in [-0.2, -0.15) is 9.78 Å². The first kappa shape index (κ1) is 15.4. The molecular formula is C18H13ClN4O2. The lowest BCUT2D eigenvalue weighted by atomic mass is 10.2. The topological polar surface area (TPSA) is 72.3 Å². The molecule has 0 saturated heterocycles. The summed E-state index contributed by atoms with van der Waals surface area (Å²) in [5.74, 6) is 0.707. The van der Waals surface area contributed by atoms with Crippen LogP contribution in [0, 0.1) is 0 Å². The molecular weight excluding hydrogens is 340 g/mol. The highest BCUT2D eigenvalue weighted by molar-refractivity contribution is 6.30. The number of benzene rings is 2. The number of fused-ring (bicyclic) bond motifs is 3. The molecule has 2 aromatic heterocycles. The quantitative estimate of drug-likeness (QED) is 0.574. The molecule has 6 nitrogen and oxygen atoms in total. The number of nitrogens with zero attached hydrogens (tertiary/aromatic N) is 3. The Labute approximate surface area is 147 Å². The van der Waals surface area contributed by atoms with Crippen LogP contribution in [0.1, 0.15) is 5.56 Å². The summed E-state index contributed by atoms with van der Waals surface area (Å²) in [4.78, 5) is 20.1. The predicted molar refractivity (Wildman–Crippen MR) is 98.9 cm³/mol. The molecule has 0 atom stereocenters. The van der Waals surface area contributed by atoms with Crippen LogP contribution in [0.2, 0.25) is 5.02 Å². The third-order valence-corrected chi connectivity index (χ3v) is 4.11. The molecule has 0 radical (unpaired) electrons. The van der Waals surface area contributed by atoms with Gasteiger partial charge in [0.25, 0.3) is 5.56 Å². The lowest BCUT2D eigenvalue weighted by Gasteiger charge is -1.99. The van der Waals surface area contributed by atoms with E-state index in [0.29, 0.717) is 21.8 Å². The number of methoxy groups -OCH3 is 1. The van der Waals surface area contributed by atoms with Crippen molar-refractivity contribution >= 4 is 39.8 Å². The maximum atomic E-state index is 12.7. The van der Waals surface area contributed by atoms with Crippen LogP contribution in [-0.2, 0) is 0 Å². The molecule has 25 heavy (non-hydrogen) atoms. The molecule has 0 aliphatic heterocycles. The Kier molecular flexibility index (Phi) is 3.74. The second-order valence-electron chi connectivity index (χ2n) is 5.45. The Hall–Kier alpha value is -3.12. The number of rotatable bonds is 3. The molecule has 2 heterocycles. The largest absolute Gasteiger partial charge is 0.497 e. The summed E-state index contributed by atoms with van der Waals surface area (Å²) < 4.78 is 6.42. The lowest BCUT2D eigenvalue weighted by molar-refractivity contribution is 0.415. The zero-order chi connectivity index (χ0) is 17.4. The van der Waals surface area contributed by atoms with E-state index in [1.807, 2.05) is 30.3 Å².